The highest BCUT2D eigenvalue weighted by atomic mass is 32.2. The number of benzene rings is 1. The maximum absolute atomic E-state index is 11.8. The average molecular weight is 253 g/mol. The molecule has 0 fully saturated rings. The monoisotopic (exact) mass is 253 g/mol. The van der Waals surface area contributed by atoms with E-state index in [4.69, 9.17) is 0 Å². The molecule has 0 amide bonds. The summed E-state index contributed by atoms with van der Waals surface area (Å²) in [6.07, 6.45) is 0. The largest absolute Gasteiger partial charge is 0.240 e. The van der Waals surface area contributed by atoms with Crippen LogP contribution in [-0.4, -0.2) is 8.42 Å². The van der Waals surface area contributed by atoms with E-state index in [2.05, 4.69) is 4.72 Å². The van der Waals surface area contributed by atoms with Crippen molar-refractivity contribution in [2.24, 2.45) is 0 Å². The Balaban J connectivity index is 2.10. The van der Waals surface area contributed by atoms with Gasteiger partial charge in [-0.2, -0.15) is 0 Å². The zero-order valence-electron chi connectivity index (χ0n) is 8.46. The summed E-state index contributed by atoms with van der Waals surface area (Å²) in [4.78, 5) is 1.30. The second-order valence-corrected chi connectivity index (χ2v) is 6.02. The van der Waals surface area contributed by atoms with E-state index in [9.17, 15) is 8.42 Å². The zero-order chi connectivity index (χ0) is 11.4. The van der Waals surface area contributed by atoms with Gasteiger partial charge >= 0.3 is 0 Å². The number of rotatable bonds is 4. The highest BCUT2D eigenvalue weighted by Gasteiger charge is 2.12. The quantitative estimate of drug-likeness (QED) is 0.908. The summed E-state index contributed by atoms with van der Waals surface area (Å²) in [5, 5.41) is 1.92. The van der Waals surface area contributed by atoms with E-state index < -0.39 is 10.0 Å². The minimum atomic E-state index is -3.38. The van der Waals surface area contributed by atoms with Gasteiger partial charge in [0.1, 0.15) is 0 Å². The van der Waals surface area contributed by atoms with Crippen LogP contribution < -0.4 is 4.72 Å². The normalized spacial score (nSPS) is 11.5. The molecule has 0 aliphatic heterocycles. The summed E-state index contributed by atoms with van der Waals surface area (Å²) in [6, 6.07) is 12.2. The summed E-state index contributed by atoms with van der Waals surface area (Å²) in [5.74, 6) is 0. The summed E-state index contributed by atoms with van der Waals surface area (Å²) < 4.78 is 26.2. The topological polar surface area (TPSA) is 46.2 Å². The molecule has 2 rings (SSSR count). The molecule has 0 atom stereocenters. The lowest BCUT2D eigenvalue weighted by Crippen LogP contribution is -2.22. The van der Waals surface area contributed by atoms with Crippen molar-refractivity contribution < 1.29 is 8.42 Å². The molecule has 1 aromatic carbocycles. The lowest BCUT2D eigenvalue weighted by molar-refractivity contribution is 0.582. The van der Waals surface area contributed by atoms with E-state index in [1.165, 1.54) is 11.3 Å². The molecule has 5 heteroatoms. The van der Waals surface area contributed by atoms with Crippen molar-refractivity contribution in [2.45, 2.75) is 11.4 Å². The van der Waals surface area contributed by atoms with Gasteiger partial charge < -0.3 is 0 Å². The van der Waals surface area contributed by atoms with E-state index in [1.54, 1.807) is 30.3 Å². The predicted octanol–water partition coefficient (Wildman–Crippen LogP) is 2.23. The van der Waals surface area contributed by atoms with Crippen LogP contribution in [0.4, 0.5) is 0 Å². The van der Waals surface area contributed by atoms with Gasteiger partial charge in [-0.25, -0.2) is 13.1 Å². The van der Waals surface area contributed by atoms with E-state index in [1.807, 2.05) is 17.5 Å². The molecule has 1 N–H and O–H groups in total. The van der Waals surface area contributed by atoms with Gasteiger partial charge in [0.05, 0.1) is 4.90 Å². The Morgan fingerprint density at radius 2 is 1.81 bits per heavy atom. The lowest BCUT2D eigenvalue weighted by Gasteiger charge is -2.04. The van der Waals surface area contributed by atoms with Crippen molar-refractivity contribution in [3.8, 4) is 0 Å². The molecular formula is C11H11NO2S2. The molecule has 0 radical (unpaired) electrons. The maximum atomic E-state index is 11.8. The van der Waals surface area contributed by atoms with Gasteiger partial charge in [-0.1, -0.05) is 24.3 Å². The van der Waals surface area contributed by atoms with Crippen LogP contribution in [0, 0.1) is 0 Å². The van der Waals surface area contributed by atoms with Gasteiger partial charge in [0.15, 0.2) is 0 Å². The second kappa shape index (κ2) is 4.78. The Morgan fingerprint density at radius 1 is 1.06 bits per heavy atom. The highest BCUT2D eigenvalue weighted by molar-refractivity contribution is 7.89. The summed E-state index contributed by atoms with van der Waals surface area (Å²) in [5.41, 5.74) is 0. The Kier molecular flexibility index (Phi) is 3.38. The molecule has 0 bridgehead atoms. The molecule has 3 nitrogen and oxygen atoms in total. The molecule has 1 heterocycles. The molecule has 0 aliphatic carbocycles. The van der Waals surface area contributed by atoms with Crippen molar-refractivity contribution in [3.63, 3.8) is 0 Å². The first-order valence-electron chi connectivity index (χ1n) is 4.75. The van der Waals surface area contributed by atoms with E-state index >= 15 is 0 Å². The zero-order valence-corrected chi connectivity index (χ0v) is 10.1. The smallest absolute Gasteiger partial charge is 0.207 e. The first-order valence-corrected chi connectivity index (χ1v) is 7.12. The van der Waals surface area contributed by atoms with Crippen LogP contribution in [0.5, 0.6) is 0 Å². The van der Waals surface area contributed by atoms with Crippen LogP contribution in [0.2, 0.25) is 0 Å². The molecule has 0 saturated carbocycles. The van der Waals surface area contributed by atoms with Crippen molar-refractivity contribution in [1.29, 1.82) is 0 Å². The lowest BCUT2D eigenvalue weighted by atomic mass is 10.4. The first kappa shape index (κ1) is 11.3. The standard InChI is InChI=1S/C11H11NO2S2/c13-16(14,11-6-2-1-3-7-11)12-9-10-5-4-8-15-10/h1-8,12H,9H2. The molecular weight excluding hydrogens is 242 g/mol. The third kappa shape index (κ3) is 2.69. The number of thiophene rings is 1. The molecule has 1 aromatic heterocycles. The first-order chi connectivity index (χ1) is 7.68. The van der Waals surface area contributed by atoms with Crippen LogP contribution in [0.25, 0.3) is 0 Å². The summed E-state index contributed by atoms with van der Waals surface area (Å²) in [7, 11) is -3.38. The van der Waals surface area contributed by atoms with Gasteiger partial charge in [-0.15, -0.1) is 11.3 Å². The highest BCUT2D eigenvalue weighted by Crippen LogP contribution is 2.11. The van der Waals surface area contributed by atoms with Gasteiger partial charge in [-0.3, -0.25) is 0 Å². The molecule has 84 valence electrons. The fourth-order valence-electron chi connectivity index (χ4n) is 1.26. The van der Waals surface area contributed by atoms with E-state index in [-0.39, 0.29) is 0 Å². The average Bonchev–Trinajstić information content (AvgIpc) is 2.81. The van der Waals surface area contributed by atoms with Crippen LogP contribution in [0.15, 0.2) is 52.7 Å². The van der Waals surface area contributed by atoms with Crippen molar-refractivity contribution in [2.75, 3.05) is 0 Å². The molecule has 0 aliphatic rings. The number of sulfonamides is 1. The minimum absolute atomic E-state index is 0.298. The van der Waals surface area contributed by atoms with Crippen LogP contribution >= 0.6 is 11.3 Å². The summed E-state index contributed by atoms with van der Waals surface area (Å²) in [6.45, 7) is 0.342. The van der Waals surface area contributed by atoms with Gasteiger partial charge in [-0.05, 0) is 23.6 Å². The van der Waals surface area contributed by atoms with Gasteiger partial charge in [0, 0.05) is 11.4 Å². The molecule has 2 aromatic rings. The molecule has 0 saturated heterocycles. The van der Waals surface area contributed by atoms with Crippen LogP contribution in [0.3, 0.4) is 0 Å². The predicted molar refractivity (Wildman–Crippen MR) is 64.8 cm³/mol. The molecule has 0 unspecified atom stereocenters. The third-order valence-electron chi connectivity index (χ3n) is 2.07. The van der Waals surface area contributed by atoms with E-state index in [0.717, 1.165) is 4.88 Å². The van der Waals surface area contributed by atoms with Crippen molar-refractivity contribution in [1.82, 2.24) is 4.72 Å². The Labute approximate surface area is 98.8 Å². The fraction of sp³-hybridized carbons (Fsp3) is 0.0909. The van der Waals surface area contributed by atoms with Crippen LogP contribution in [0.1, 0.15) is 4.88 Å². The minimum Gasteiger partial charge on any atom is -0.207 e. The van der Waals surface area contributed by atoms with E-state index in [0.29, 0.717) is 11.4 Å². The summed E-state index contributed by atoms with van der Waals surface area (Å²) >= 11 is 1.53. The Hall–Kier alpha value is -1.17. The third-order valence-corrected chi connectivity index (χ3v) is 4.36. The van der Waals surface area contributed by atoms with Crippen molar-refractivity contribution in [3.05, 3.63) is 52.7 Å². The SMILES string of the molecule is O=S(=O)(NCc1cccs1)c1ccccc1. The Bertz CT molecular complexity index is 533. The van der Waals surface area contributed by atoms with Crippen molar-refractivity contribution >= 4 is 21.4 Å². The second-order valence-electron chi connectivity index (χ2n) is 3.22. The Morgan fingerprint density at radius 3 is 2.44 bits per heavy atom. The number of hydrogen-bond donors (Lipinski definition) is 1. The van der Waals surface area contributed by atoms with Crippen LogP contribution in [-0.2, 0) is 16.6 Å². The number of hydrogen-bond acceptors (Lipinski definition) is 3. The van der Waals surface area contributed by atoms with Gasteiger partial charge in [0.25, 0.3) is 0 Å². The molecule has 16 heavy (non-hydrogen) atoms. The number of nitrogens with one attached hydrogen (secondary N) is 1. The maximum Gasteiger partial charge on any atom is 0.240 e. The molecule has 0 spiro atoms. The fourth-order valence-corrected chi connectivity index (χ4v) is 3.03. The van der Waals surface area contributed by atoms with Gasteiger partial charge in [0.2, 0.25) is 10.0 Å².